The van der Waals surface area contributed by atoms with Crippen LogP contribution >= 0.6 is 0 Å². The van der Waals surface area contributed by atoms with Crippen LogP contribution in [0.3, 0.4) is 0 Å². The molecule has 0 aromatic heterocycles. The third-order valence-electron chi connectivity index (χ3n) is 5.17. The molecule has 0 saturated carbocycles. The quantitative estimate of drug-likeness (QED) is 0.480. The van der Waals surface area contributed by atoms with Gasteiger partial charge in [0.05, 0.1) is 8.80 Å². The molecule has 0 amide bonds. The van der Waals surface area contributed by atoms with Gasteiger partial charge >= 0.3 is 0 Å². The second-order valence-electron chi connectivity index (χ2n) is 6.68. The van der Waals surface area contributed by atoms with Crippen molar-refractivity contribution in [3.8, 4) is 22.6 Å². The summed E-state index contributed by atoms with van der Waals surface area (Å²) in [5.74, 6) is 0.510. The van der Waals surface area contributed by atoms with Gasteiger partial charge in [-0.15, -0.1) is 0 Å². The molecule has 0 saturated heterocycles. The van der Waals surface area contributed by atoms with Gasteiger partial charge in [-0.1, -0.05) is 80.2 Å². The summed E-state index contributed by atoms with van der Waals surface area (Å²) in [6.07, 6.45) is 0. The molecule has 2 nitrogen and oxygen atoms in total. The summed E-state index contributed by atoms with van der Waals surface area (Å²) in [7, 11) is -0.853. The maximum Gasteiger partial charge on any atom is 0.124 e. The highest BCUT2D eigenvalue weighted by Crippen LogP contribution is 2.44. The fraction of sp³-hybridized carbons (Fsp3) is 0.130. The van der Waals surface area contributed by atoms with Crippen LogP contribution in [0.25, 0.3) is 32.7 Å². The van der Waals surface area contributed by atoms with Gasteiger partial charge in [0.1, 0.15) is 11.5 Å². The van der Waals surface area contributed by atoms with E-state index in [9.17, 15) is 10.2 Å². The largest absolute Gasteiger partial charge is 0.507 e. The van der Waals surface area contributed by atoms with Crippen LogP contribution in [-0.2, 0) is 0 Å². The van der Waals surface area contributed by atoms with Gasteiger partial charge in [-0.2, -0.15) is 0 Å². The van der Waals surface area contributed by atoms with Crippen LogP contribution in [0.2, 0.25) is 12.6 Å². The Morgan fingerprint density at radius 1 is 0.769 bits per heavy atom. The summed E-state index contributed by atoms with van der Waals surface area (Å²) in [4.78, 5) is 0. The number of phenols is 2. The van der Waals surface area contributed by atoms with Crippen molar-refractivity contribution in [3.05, 3.63) is 66.7 Å². The smallest absolute Gasteiger partial charge is 0.124 e. The molecule has 0 heterocycles. The molecule has 0 aliphatic carbocycles. The topological polar surface area (TPSA) is 40.5 Å². The minimum atomic E-state index is -0.853. The van der Waals surface area contributed by atoms with E-state index in [2.05, 4.69) is 25.6 Å². The molecule has 0 aliphatic rings. The van der Waals surface area contributed by atoms with Crippen LogP contribution in [0.5, 0.6) is 11.5 Å². The van der Waals surface area contributed by atoms with Crippen molar-refractivity contribution >= 4 is 35.5 Å². The third kappa shape index (κ3) is 2.56. The van der Waals surface area contributed by atoms with E-state index in [1.807, 2.05) is 48.5 Å². The summed E-state index contributed by atoms with van der Waals surface area (Å²) in [5, 5.41) is 27.1. The Balaban J connectivity index is 2.19. The van der Waals surface area contributed by atoms with Gasteiger partial charge in [0, 0.05) is 11.1 Å². The fourth-order valence-electron chi connectivity index (χ4n) is 3.63. The lowest BCUT2D eigenvalue weighted by Gasteiger charge is -2.19. The average molecular weight is 358 g/mol. The fourth-order valence-corrected chi connectivity index (χ4v) is 4.94. The van der Waals surface area contributed by atoms with Crippen LogP contribution < -0.4 is 5.19 Å². The van der Waals surface area contributed by atoms with Crippen molar-refractivity contribution < 1.29 is 10.2 Å². The minimum Gasteiger partial charge on any atom is -0.507 e. The monoisotopic (exact) mass is 357 g/mol. The predicted molar refractivity (Wildman–Crippen MR) is 112 cm³/mol. The first-order chi connectivity index (χ1) is 12.6. The number of benzene rings is 4. The zero-order chi connectivity index (χ0) is 18.3. The Morgan fingerprint density at radius 2 is 1.38 bits per heavy atom. The van der Waals surface area contributed by atoms with E-state index in [4.69, 9.17) is 0 Å². The van der Waals surface area contributed by atoms with E-state index in [-0.39, 0.29) is 5.75 Å². The second-order valence-corrected chi connectivity index (χ2v) is 9.49. The van der Waals surface area contributed by atoms with Crippen LogP contribution in [0.15, 0.2) is 66.7 Å². The molecule has 129 valence electrons. The molecule has 4 aromatic carbocycles. The highest BCUT2D eigenvalue weighted by atomic mass is 28.3. The van der Waals surface area contributed by atoms with E-state index in [0.717, 1.165) is 38.3 Å². The highest BCUT2D eigenvalue weighted by Gasteiger charge is 2.21. The first-order valence-electron chi connectivity index (χ1n) is 8.90. The Hall–Kier alpha value is -2.78. The lowest BCUT2D eigenvalue weighted by molar-refractivity contribution is 0.472. The SMILES string of the molecule is CC[Si](C)c1cc2ccccc2c(-c2c(O)ccc3ccccc23)c1O. The maximum atomic E-state index is 11.2. The predicted octanol–water partition coefficient (Wildman–Crippen LogP) is 5.42. The van der Waals surface area contributed by atoms with E-state index >= 15 is 0 Å². The molecular weight excluding hydrogens is 336 g/mol. The molecule has 26 heavy (non-hydrogen) atoms. The molecule has 1 radical (unpaired) electrons. The third-order valence-corrected chi connectivity index (χ3v) is 7.53. The minimum absolute atomic E-state index is 0.197. The van der Waals surface area contributed by atoms with Gasteiger partial charge in [0.2, 0.25) is 0 Å². The molecule has 0 fully saturated rings. The molecule has 0 atom stereocenters. The van der Waals surface area contributed by atoms with Gasteiger partial charge in [-0.25, -0.2) is 0 Å². The number of hydrogen-bond acceptors (Lipinski definition) is 2. The zero-order valence-electron chi connectivity index (χ0n) is 15.0. The van der Waals surface area contributed by atoms with Crippen LogP contribution in [0.1, 0.15) is 6.92 Å². The number of phenolic OH excluding ortho intramolecular Hbond substituents is 2. The van der Waals surface area contributed by atoms with E-state index < -0.39 is 8.80 Å². The molecule has 0 bridgehead atoms. The lowest BCUT2D eigenvalue weighted by Crippen LogP contribution is -2.26. The summed E-state index contributed by atoms with van der Waals surface area (Å²) in [6.45, 7) is 4.39. The van der Waals surface area contributed by atoms with Crippen LogP contribution in [0.4, 0.5) is 0 Å². The van der Waals surface area contributed by atoms with Crippen LogP contribution in [0, 0.1) is 0 Å². The number of hydrogen-bond donors (Lipinski definition) is 2. The summed E-state index contributed by atoms with van der Waals surface area (Å²) < 4.78 is 0. The Labute approximate surface area is 155 Å². The van der Waals surface area contributed by atoms with Gasteiger partial charge < -0.3 is 10.2 Å². The van der Waals surface area contributed by atoms with Gasteiger partial charge in [0.25, 0.3) is 0 Å². The van der Waals surface area contributed by atoms with Crippen molar-refractivity contribution in [1.82, 2.24) is 0 Å². The van der Waals surface area contributed by atoms with Crippen molar-refractivity contribution in [3.63, 3.8) is 0 Å². The molecule has 0 unspecified atom stereocenters. The molecule has 0 spiro atoms. The average Bonchev–Trinajstić information content (AvgIpc) is 2.68. The number of fused-ring (bicyclic) bond motifs is 2. The van der Waals surface area contributed by atoms with Gasteiger partial charge in [0.15, 0.2) is 0 Å². The molecule has 3 heteroatoms. The zero-order valence-corrected chi connectivity index (χ0v) is 16.0. The molecule has 2 N–H and O–H groups in total. The van der Waals surface area contributed by atoms with Gasteiger partial charge in [-0.05, 0) is 32.8 Å². The van der Waals surface area contributed by atoms with Crippen molar-refractivity contribution in [2.45, 2.75) is 19.5 Å². The first-order valence-corrected chi connectivity index (χ1v) is 11.1. The van der Waals surface area contributed by atoms with Gasteiger partial charge in [-0.3, -0.25) is 0 Å². The highest BCUT2D eigenvalue weighted by molar-refractivity contribution is 6.73. The summed E-state index contributed by atoms with van der Waals surface area (Å²) >= 11 is 0. The summed E-state index contributed by atoms with van der Waals surface area (Å²) in [6, 6.07) is 22.9. The normalized spacial score (nSPS) is 11.5. The first kappa shape index (κ1) is 16.7. The Morgan fingerprint density at radius 3 is 2.08 bits per heavy atom. The molecular formula is C23H21O2Si. The Bertz CT molecular complexity index is 1120. The van der Waals surface area contributed by atoms with E-state index in [0.29, 0.717) is 11.3 Å². The Kier molecular flexibility index (Phi) is 4.17. The maximum absolute atomic E-state index is 11.2. The lowest BCUT2D eigenvalue weighted by atomic mass is 9.92. The molecule has 4 rings (SSSR count). The van der Waals surface area contributed by atoms with Crippen molar-refractivity contribution in [1.29, 1.82) is 0 Å². The molecule has 4 aromatic rings. The number of aromatic hydroxyl groups is 2. The number of rotatable bonds is 3. The van der Waals surface area contributed by atoms with E-state index in [1.165, 1.54) is 0 Å². The van der Waals surface area contributed by atoms with E-state index in [1.54, 1.807) is 6.07 Å². The van der Waals surface area contributed by atoms with Crippen LogP contribution in [-0.4, -0.2) is 19.0 Å². The summed E-state index contributed by atoms with van der Waals surface area (Å²) in [5.41, 5.74) is 1.45. The van der Waals surface area contributed by atoms with Crippen molar-refractivity contribution in [2.75, 3.05) is 0 Å². The van der Waals surface area contributed by atoms with Crippen molar-refractivity contribution in [2.24, 2.45) is 0 Å². The standard InChI is InChI=1S/C23H21O2Si/c1-3-26(2)20-14-16-9-5-7-11-18(16)22(23(20)25)21-17-10-6-4-8-15(17)12-13-19(21)24/h4-14,24-25H,3H2,1-2H3. The molecule has 0 aliphatic heterocycles. The second kappa shape index (κ2) is 6.50.